The number of aliphatic hydroxyl groups is 1. The monoisotopic (exact) mass is 582 g/mol. The number of carbonyl (C=O) groups is 1. The fourth-order valence-electron chi connectivity index (χ4n) is 5.50. The number of nitrogen functional groups attached to an aromatic ring is 1. The Kier molecular flexibility index (Phi) is 7.45. The Balaban J connectivity index is 0.000000470. The molecule has 3 aromatic rings. The minimum absolute atomic E-state index is 0.110. The number of anilines is 1. The first-order chi connectivity index (χ1) is 18.5. The van der Waals surface area contributed by atoms with Crippen molar-refractivity contribution in [1.82, 2.24) is 24.5 Å². The molecule has 0 spiro atoms. The molecule has 5 N–H and O–H groups in total. The van der Waals surface area contributed by atoms with E-state index in [2.05, 4.69) is 14.8 Å². The lowest BCUT2D eigenvalue weighted by Crippen LogP contribution is -2.56. The summed E-state index contributed by atoms with van der Waals surface area (Å²) in [7, 11) is -1.91. The zero-order chi connectivity index (χ0) is 29.7. The number of benzene rings is 1. The van der Waals surface area contributed by atoms with Crippen molar-refractivity contribution in [3.05, 3.63) is 41.9 Å². The highest BCUT2D eigenvalue weighted by Crippen LogP contribution is 2.61. The van der Waals surface area contributed by atoms with Crippen LogP contribution in [-0.4, -0.2) is 62.7 Å². The summed E-state index contributed by atoms with van der Waals surface area (Å²) in [6, 6.07) is 5.03. The Labute approximate surface area is 228 Å². The van der Waals surface area contributed by atoms with Crippen molar-refractivity contribution in [2.45, 2.75) is 56.1 Å². The summed E-state index contributed by atoms with van der Waals surface area (Å²) in [5.41, 5.74) is 9.73. The second-order valence-corrected chi connectivity index (χ2v) is 12.2. The van der Waals surface area contributed by atoms with Gasteiger partial charge in [0, 0.05) is 36.5 Å². The molecule has 216 valence electrons. The lowest BCUT2D eigenvalue weighted by atomic mass is 9.66. The fourth-order valence-corrected chi connectivity index (χ4v) is 6.96. The smallest absolute Gasteiger partial charge is 0.475 e. The van der Waals surface area contributed by atoms with Gasteiger partial charge in [-0.25, -0.2) is 27.9 Å². The first kappa shape index (κ1) is 29.4. The van der Waals surface area contributed by atoms with Gasteiger partial charge in [0.05, 0.1) is 22.5 Å². The minimum atomic E-state index is -5.08. The second kappa shape index (κ2) is 10.1. The molecule has 3 fully saturated rings. The molecule has 2 aromatic heterocycles. The Morgan fingerprint density at radius 1 is 1.20 bits per heavy atom. The molecule has 40 heavy (non-hydrogen) atoms. The molecular weight excluding hydrogens is 553 g/mol. The number of fused-ring (bicyclic) bond motifs is 1. The maximum Gasteiger partial charge on any atom is 0.490 e. The van der Waals surface area contributed by atoms with Crippen molar-refractivity contribution in [3.63, 3.8) is 0 Å². The van der Waals surface area contributed by atoms with Crippen molar-refractivity contribution < 1.29 is 36.6 Å². The van der Waals surface area contributed by atoms with Crippen LogP contribution in [0.5, 0.6) is 0 Å². The predicted octanol–water partition coefficient (Wildman–Crippen LogP) is 2.96. The SMILES string of the molecule is Cc1ccc(S(=O)(=O)NC23CCC(CO)(C2)C3)cc1-c1cnc(N)c(-c2cn(C)nc2C)n1.O=C(O)C(F)(F)F. The fraction of sp³-hybridized carbons (Fsp3) is 0.440. The van der Waals surface area contributed by atoms with Crippen molar-refractivity contribution in [1.29, 1.82) is 0 Å². The molecule has 3 saturated carbocycles. The average molecular weight is 583 g/mol. The lowest BCUT2D eigenvalue weighted by Gasteiger charge is -2.46. The molecule has 0 saturated heterocycles. The van der Waals surface area contributed by atoms with Crippen molar-refractivity contribution in [2.24, 2.45) is 12.5 Å². The van der Waals surface area contributed by atoms with Gasteiger partial charge in [-0.2, -0.15) is 18.3 Å². The summed E-state index contributed by atoms with van der Waals surface area (Å²) in [6.45, 7) is 3.89. The van der Waals surface area contributed by atoms with Gasteiger partial charge < -0.3 is 15.9 Å². The minimum Gasteiger partial charge on any atom is -0.475 e. The standard InChI is InChI=1S/C23H28N6O3S.C2HF3O2/c1-14-4-5-16(33(31,32)28-23-7-6-22(11-23,12-23)13-30)8-17(14)19-9-25-21(24)20(26-19)18-10-29(3)27-15(18)2;3-2(4,5)1(6)7/h4-5,8-10,28,30H,6-7,11-13H2,1-3H3,(H2,24,25);(H,6,7). The number of aromatic nitrogens is 4. The van der Waals surface area contributed by atoms with Crippen molar-refractivity contribution in [3.8, 4) is 22.5 Å². The third-order valence-electron chi connectivity index (χ3n) is 7.35. The summed E-state index contributed by atoms with van der Waals surface area (Å²) in [5.74, 6) is -2.47. The molecule has 2 heterocycles. The van der Waals surface area contributed by atoms with Gasteiger partial charge in [0.15, 0.2) is 0 Å². The number of halogens is 3. The topological polar surface area (TPSA) is 173 Å². The number of nitrogens with one attached hydrogen (secondary N) is 1. The molecule has 6 rings (SSSR count). The number of rotatable bonds is 6. The van der Waals surface area contributed by atoms with Crippen LogP contribution < -0.4 is 10.5 Å². The molecule has 0 unspecified atom stereocenters. The van der Waals surface area contributed by atoms with Crippen LogP contribution in [0.1, 0.15) is 36.9 Å². The Hall–Kier alpha value is -3.56. The summed E-state index contributed by atoms with van der Waals surface area (Å²) < 4.78 is 62.9. The number of aryl methyl sites for hydroxylation is 3. The molecule has 0 aliphatic heterocycles. The van der Waals surface area contributed by atoms with E-state index in [1.54, 1.807) is 29.1 Å². The molecule has 11 nitrogen and oxygen atoms in total. The first-order valence-corrected chi connectivity index (χ1v) is 13.7. The van der Waals surface area contributed by atoms with E-state index >= 15 is 0 Å². The second-order valence-electron chi connectivity index (χ2n) is 10.5. The molecule has 3 aliphatic carbocycles. The predicted molar refractivity (Wildman–Crippen MR) is 138 cm³/mol. The van der Waals surface area contributed by atoms with E-state index < -0.39 is 27.7 Å². The van der Waals surface area contributed by atoms with E-state index in [1.807, 2.05) is 27.1 Å². The highest BCUT2D eigenvalue weighted by atomic mass is 32.2. The van der Waals surface area contributed by atoms with Gasteiger partial charge in [-0.3, -0.25) is 4.68 Å². The van der Waals surface area contributed by atoms with Crippen LogP contribution in [0.4, 0.5) is 19.0 Å². The molecule has 0 atom stereocenters. The number of hydrogen-bond acceptors (Lipinski definition) is 8. The number of aliphatic carboxylic acids is 1. The number of nitrogens with two attached hydrogens (primary N) is 1. The molecule has 1 aromatic carbocycles. The van der Waals surface area contributed by atoms with Gasteiger partial charge in [0.25, 0.3) is 0 Å². The quantitative estimate of drug-likeness (QED) is 0.341. The van der Waals surface area contributed by atoms with Crippen LogP contribution in [-0.2, 0) is 21.9 Å². The zero-order valence-corrected chi connectivity index (χ0v) is 22.8. The number of carboxylic acid groups (broad SMARTS) is 1. The number of carboxylic acids is 1. The van der Waals surface area contributed by atoms with Crippen LogP contribution in [0.25, 0.3) is 22.5 Å². The number of alkyl halides is 3. The van der Waals surface area contributed by atoms with Gasteiger partial charge in [-0.1, -0.05) is 6.07 Å². The van der Waals surface area contributed by atoms with E-state index in [4.69, 9.17) is 20.6 Å². The molecule has 0 radical (unpaired) electrons. The zero-order valence-electron chi connectivity index (χ0n) is 21.9. The third kappa shape index (κ3) is 5.67. The molecule has 3 aliphatic rings. The van der Waals surface area contributed by atoms with Gasteiger partial charge in [-0.05, 0) is 62.6 Å². The van der Waals surface area contributed by atoms with Crippen LogP contribution >= 0.6 is 0 Å². The van der Waals surface area contributed by atoms with Gasteiger partial charge in [0.1, 0.15) is 11.5 Å². The number of aliphatic hydroxyl groups excluding tert-OH is 1. The highest BCUT2D eigenvalue weighted by molar-refractivity contribution is 7.89. The van der Waals surface area contributed by atoms with E-state index in [-0.39, 0.29) is 22.7 Å². The number of sulfonamides is 1. The van der Waals surface area contributed by atoms with Crippen molar-refractivity contribution in [2.75, 3.05) is 12.3 Å². The molecule has 15 heteroatoms. The molecule has 2 bridgehead atoms. The maximum atomic E-state index is 13.3. The van der Waals surface area contributed by atoms with E-state index in [0.717, 1.165) is 29.7 Å². The first-order valence-electron chi connectivity index (χ1n) is 12.2. The van der Waals surface area contributed by atoms with Crippen LogP contribution in [0.15, 0.2) is 35.5 Å². The summed E-state index contributed by atoms with van der Waals surface area (Å²) in [4.78, 5) is 18.1. The van der Waals surface area contributed by atoms with Crippen molar-refractivity contribution >= 4 is 21.8 Å². The number of nitrogens with zero attached hydrogens (tertiary/aromatic N) is 4. The maximum absolute atomic E-state index is 13.3. The van der Waals surface area contributed by atoms with E-state index in [0.29, 0.717) is 29.8 Å². The average Bonchev–Trinajstić information content (AvgIpc) is 3.49. The largest absolute Gasteiger partial charge is 0.490 e. The van der Waals surface area contributed by atoms with Crippen LogP contribution in [0.2, 0.25) is 0 Å². The van der Waals surface area contributed by atoms with Crippen LogP contribution in [0, 0.1) is 19.3 Å². The summed E-state index contributed by atoms with van der Waals surface area (Å²) in [5, 5.41) is 21.1. The van der Waals surface area contributed by atoms with E-state index in [1.165, 1.54) is 0 Å². The lowest BCUT2D eigenvalue weighted by molar-refractivity contribution is -0.192. The molecular formula is C25H29F3N6O5S. The number of hydrogen-bond donors (Lipinski definition) is 4. The van der Waals surface area contributed by atoms with Gasteiger partial charge >= 0.3 is 12.1 Å². The summed E-state index contributed by atoms with van der Waals surface area (Å²) in [6.07, 6.45) is 1.29. The Bertz CT molecular complexity index is 1570. The molecule has 0 amide bonds. The van der Waals surface area contributed by atoms with Gasteiger partial charge in [0.2, 0.25) is 10.0 Å². The van der Waals surface area contributed by atoms with Gasteiger partial charge in [-0.15, -0.1) is 0 Å². The highest BCUT2D eigenvalue weighted by Gasteiger charge is 2.61. The summed E-state index contributed by atoms with van der Waals surface area (Å²) >= 11 is 0. The van der Waals surface area contributed by atoms with Crippen LogP contribution in [0.3, 0.4) is 0 Å². The Morgan fingerprint density at radius 3 is 2.38 bits per heavy atom. The normalized spacial score (nSPS) is 21.9. The van der Waals surface area contributed by atoms with E-state index in [9.17, 15) is 26.7 Å². The Morgan fingerprint density at radius 2 is 1.85 bits per heavy atom. The third-order valence-corrected chi connectivity index (χ3v) is 8.93.